The van der Waals surface area contributed by atoms with E-state index in [1.165, 1.54) is 0 Å². The number of hydrogen-bond donors (Lipinski definition) is 1. The molecule has 0 bridgehead atoms. The highest BCUT2D eigenvalue weighted by molar-refractivity contribution is 4.91. The highest BCUT2D eigenvalue weighted by Gasteiger charge is 2.30. The van der Waals surface area contributed by atoms with Crippen molar-refractivity contribution < 1.29 is 4.74 Å². The molecule has 0 radical (unpaired) electrons. The van der Waals surface area contributed by atoms with Gasteiger partial charge < -0.3 is 10.1 Å². The van der Waals surface area contributed by atoms with Crippen molar-refractivity contribution in [2.45, 2.75) is 31.8 Å². The second-order valence-electron chi connectivity index (χ2n) is 4.61. The summed E-state index contributed by atoms with van der Waals surface area (Å²) >= 11 is 0. The highest BCUT2D eigenvalue weighted by Crippen LogP contribution is 2.19. The standard InChI is InChI=1S/C11H21N3O/c1-11(2)9-15-7-6-14(11)5-4-10(8-12)13-3/h10,13H,4-7,9H2,1-3H3. The van der Waals surface area contributed by atoms with Crippen molar-refractivity contribution in [2.24, 2.45) is 0 Å². The first-order valence-corrected chi connectivity index (χ1v) is 5.50. The van der Waals surface area contributed by atoms with Crippen LogP contribution >= 0.6 is 0 Å². The van der Waals surface area contributed by atoms with Gasteiger partial charge in [-0.15, -0.1) is 0 Å². The summed E-state index contributed by atoms with van der Waals surface area (Å²) in [6, 6.07) is 2.21. The first-order valence-electron chi connectivity index (χ1n) is 5.50. The quantitative estimate of drug-likeness (QED) is 0.739. The lowest BCUT2D eigenvalue weighted by molar-refractivity contribution is -0.0515. The number of rotatable bonds is 4. The van der Waals surface area contributed by atoms with Crippen molar-refractivity contribution in [3.63, 3.8) is 0 Å². The van der Waals surface area contributed by atoms with Crippen molar-refractivity contribution in [1.82, 2.24) is 10.2 Å². The maximum atomic E-state index is 8.83. The summed E-state index contributed by atoms with van der Waals surface area (Å²) in [5.41, 5.74) is 0.103. The van der Waals surface area contributed by atoms with E-state index in [2.05, 4.69) is 30.1 Å². The van der Waals surface area contributed by atoms with Gasteiger partial charge in [0.05, 0.1) is 25.3 Å². The van der Waals surface area contributed by atoms with Crippen molar-refractivity contribution in [3.8, 4) is 6.07 Å². The molecule has 1 aliphatic heterocycles. The molecule has 1 rings (SSSR count). The molecule has 1 saturated heterocycles. The third-order valence-corrected chi connectivity index (χ3v) is 3.01. The highest BCUT2D eigenvalue weighted by atomic mass is 16.5. The number of ether oxygens (including phenoxy) is 1. The van der Waals surface area contributed by atoms with Gasteiger partial charge in [0.25, 0.3) is 0 Å². The van der Waals surface area contributed by atoms with E-state index in [4.69, 9.17) is 10.00 Å². The first kappa shape index (κ1) is 12.4. The summed E-state index contributed by atoms with van der Waals surface area (Å²) in [4.78, 5) is 2.40. The molecule has 15 heavy (non-hydrogen) atoms. The van der Waals surface area contributed by atoms with E-state index in [0.29, 0.717) is 0 Å². The summed E-state index contributed by atoms with van der Waals surface area (Å²) in [5.74, 6) is 0. The van der Waals surface area contributed by atoms with Gasteiger partial charge in [-0.1, -0.05) is 0 Å². The molecule has 0 aromatic heterocycles. The van der Waals surface area contributed by atoms with Gasteiger partial charge in [-0.25, -0.2) is 0 Å². The van der Waals surface area contributed by atoms with Crippen LogP contribution in [0, 0.1) is 11.3 Å². The van der Waals surface area contributed by atoms with Gasteiger partial charge in [-0.2, -0.15) is 5.26 Å². The molecule has 86 valence electrons. The molecule has 0 spiro atoms. The van der Waals surface area contributed by atoms with E-state index in [1.54, 1.807) is 0 Å². The van der Waals surface area contributed by atoms with E-state index in [-0.39, 0.29) is 11.6 Å². The van der Waals surface area contributed by atoms with E-state index in [0.717, 1.165) is 32.7 Å². The minimum atomic E-state index is -0.0383. The van der Waals surface area contributed by atoms with Gasteiger partial charge in [0.1, 0.15) is 0 Å². The maximum absolute atomic E-state index is 8.83. The van der Waals surface area contributed by atoms with E-state index >= 15 is 0 Å². The molecule has 4 heteroatoms. The third-order valence-electron chi connectivity index (χ3n) is 3.01. The number of hydrogen-bond acceptors (Lipinski definition) is 4. The van der Waals surface area contributed by atoms with Gasteiger partial charge in [0.15, 0.2) is 0 Å². The van der Waals surface area contributed by atoms with E-state index in [1.807, 2.05) is 7.05 Å². The Balaban J connectivity index is 2.40. The Bertz CT molecular complexity index is 234. The van der Waals surface area contributed by atoms with Gasteiger partial charge in [-0.3, -0.25) is 4.90 Å². The molecule has 1 atom stereocenters. The fraction of sp³-hybridized carbons (Fsp3) is 0.909. The topological polar surface area (TPSA) is 48.3 Å². The van der Waals surface area contributed by atoms with Crippen molar-refractivity contribution >= 4 is 0 Å². The molecule has 1 unspecified atom stereocenters. The van der Waals surface area contributed by atoms with Crippen LogP contribution in [0.1, 0.15) is 20.3 Å². The molecular formula is C11H21N3O. The SMILES string of the molecule is CNC(C#N)CCN1CCOCC1(C)C. The predicted molar refractivity (Wildman–Crippen MR) is 59.5 cm³/mol. The first-order chi connectivity index (χ1) is 7.10. The Morgan fingerprint density at radius 2 is 2.33 bits per heavy atom. The van der Waals surface area contributed by atoms with Crippen LogP contribution in [0.2, 0.25) is 0 Å². The zero-order chi connectivity index (χ0) is 11.3. The second kappa shape index (κ2) is 5.45. The molecule has 1 N–H and O–H groups in total. The fourth-order valence-electron chi connectivity index (χ4n) is 1.86. The zero-order valence-corrected chi connectivity index (χ0v) is 9.92. The Morgan fingerprint density at radius 1 is 1.60 bits per heavy atom. The molecule has 0 saturated carbocycles. The molecule has 1 heterocycles. The lowest BCUT2D eigenvalue weighted by atomic mass is 10.0. The van der Waals surface area contributed by atoms with Crippen LogP contribution in [0.4, 0.5) is 0 Å². The molecule has 0 aliphatic carbocycles. The maximum Gasteiger partial charge on any atom is 0.0962 e. The van der Waals surface area contributed by atoms with Gasteiger partial charge in [-0.05, 0) is 27.3 Å². The summed E-state index contributed by atoms with van der Waals surface area (Å²) in [6.07, 6.45) is 0.871. The average molecular weight is 211 g/mol. The predicted octanol–water partition coefficient (Wildman–Crippen LogP) is 0.599. The van der Waals surface area contributed by atoms with Crippen LogP contribution in [0.5, 0.6) is 0 Å². The van der Waals surface area contributed by atoms with Crippen LogP contribution in [0.3, 0.4) is 0 Å². The zero-order valence-electron chi connectivity index (χ0n) is 9.92. The minimum absolute atomic E-state index is 0.0383. The molecule has 0 aromatic carbocycles. The summed E-state index contributed by atoms with van der Waals surface area (Å²) in [5, 5.41) is 11.8. The number of nitrogens with one attached hydrogen (secondary N) is 1. The summed E-state index contributed by atoms with van der Waals surface area (Å²) in [6.45, 7) is 7.88. The Hall–Kier alpha value is -0.630. The lowest BCUT2D eigenvalue weighted by Gasteiger charge is -2.42. The second-order valence-corrected chi connectivity index (χ2v) is 4.61. The van der Waals surface area contributed by atoms with Crippen LogP contribution in [0.15, 0.2) is 0 Å². The smallest absolute Gasteiger partial charge is 0.0962 e. The van der Waals surface area contributed by atoms with Crippen molar-refractivity contribution in [1.29, 1.82) is 5.26 Å². The third kappa shape index (κ3) is 3.45. The summed E-state index contributed by atoms with van der Waals surface area (Å²) < 4.78 is 5.45. The van der Waals surface area contributed by atoms with Crippen LogP contribution in [-0.2, 0) is 4.74 Å². The van der Waals surface area contributed by atoms with E-state index < -0.39 is 0 Å². The minimum Gasteiger partial charge on any atom is -0.378 e. The Kier molecular flexibility index (Phi) is 4.52. The lowest BCUT2D eigenvalue weighted by Crippen LogP contribution is -2.53. The van der Waals surface area contributed by atoms with Gasteiger partial charge in [0, 0.05) is 18.6 Å². The molecule has 1 fully saturated rings. The monoisotopic (exact) mass is 211 g/mol. The van der Waals surface area contributed by atoms with Crippen LogP contribution in [-0.4, -0.2) is 49.8 Å². The number of nitrogens with zero attached hydrogens (tertiary/aromatic N) is 2. The van der Waals surface area contributed by atoms with Crippen molar-refractivity contribution in [2.75, 3.05) is 33.4 Å². The van der Waals surface area contributed by atoms with Gasteiger partial charge >= 0.3 is 0 Å². The Labute approximate surface area is 92.2 Å². The molecule has 0 amide bonds. The van der Waals surface area contributed by atoms with Crippen molar-refractivity contribution in [3.05, 3.63) is 0 Å². The Morgan fingerprint density at radius 3 is 2.87 bits per heavy atom. The molecule has 1 aliphatic rings. The summed E-state index contributed by atoms with van der Waals surface area (Å²) in [7, 11) is 1.83. The fourth-order valence-corrected chi connectivity index (χ4v) is 1.86. The largest absolute Gasteiger partial charge is 0.378 e. The normalized spacial score (nSPS) is 23.3. The number of nitriles is 1. The van der Waals surface area contributed by atoms with E-state index in [9.17, 15) is 0 Å². The molecule has 4 nitrogen and oxygen atoms in total. The molecular weight excluding hydrogens is 190 g/mol. The number of morpholine rings is 1. The molecule has 0 aromatic rings. The average Bonchev–Trinajstić information content (AvgIpc) is 2.21. The van der Waals surface area contributed by atoms with Gasteiger partial charge in [0.2, 0.25) is 0 Å². The van der Waals surface area contributed by atoms with Crippen LogP contribution < -0.4 is 5.32 Å². The van der Waals surface area contributed by atoms with Crippen LogP contribution in [0.25, 0.3) is 0 Å².